The smallest absolute Gasteiger partial charge is 0.292 e. The molecule has 2 aliphatic rings. The van der Waals surface area contributed by atoms with Gasteiger partial charge in [0.1, 0.15) is 12.4 Å². The Morgan fingerprint density at radius 1 is 1.00 bits per heavy atom. The maximum atomic E-state index is 13.2. The number of carbonyl (C=O) groups is 1. The third-order valence-corrected chi connectivity index (χ3v) is 5.37. The topological polar surface area (TPSA) is 48.0 Å². The van der Waals surface area contributed by atoms with Crippen LogP contribution in [0.25, 0.3) is 0 Å². The first-order chi connectivity index (χ1) is 13.0. The molecule has 0 unspecified atom stereocenters. The van der Waals surface area contributed by atoms with Gasteiger partial charge in [-0.2, -0.15) is 0 Å². The van der Waals surface area contributed by atoms with Crippen molar-refractivity contribution in [1.82, 2.24) is 0 Å². The Bertz CT molecular complexity index is 866. The van der Waals surface area contributed by atoms with Gasteiger partial charge in [-0.15, -0.1) is 0 Å². The molecule has 8 heteroatoms. The monoisotopic (exact) mass is 427 g/mol. The molecule has 27 heavy (non-hydrogen) atoms. The second-order valence-electron chi connectivity index (χ2n) is 6.18. The number of ether oxygens (including phenoxy) is 3. The van der Waals surface area contributed by atoms with E-state index in [1.807, 2.05) is 0 Å². The van der Waals surface area contributed by atoms with E-state index in [9.17, 15) is 4.79 Å². The fourth-order valence-electron chi connectivity index (χ4n) is 3.30. The summed E-state index contributed by atoms with van der Waals surface area (Å²) in [6.45, 7) is 1.33. The molecule has 2 aromatic carbocycles. The van der Waals surface area contributed by atoms with Crippen molar-refractivity contribution in [3.8, 4) is 5.75 Å². The molecule has 4 rings (SSSR count). The highest BCUT2D eigenvalue weighted by molar-refractivity contribution is 6.38. The molecule has 0 atom stereocenters. The maximum Gasteiger partial charge on any atom is 0.292 e. The van der Waals surface area contributed by atoms with Gasteiger partial charge in [0.15, 0.2) is 0 Å². The predicted octanol–water partition coefficient (Wildman–Crippen LogP) is 4.66. The molecule has 1 saturated heterocycles. The zero-order chi connectivity index (χ0) is 19.0. The Kier molecular flexibility index (Phi) is 5.23. The molecule has 1 amide bonds. The summed E-state index contributed by atoms with van der Waals surface area (Å²) in [6, 6.07) is 10.3. The minimum Gasteiger partial charge on any atom is -0.492 e. The summed E-state index contributed by atoms with van der Waals surface area (Å²) < 4.78 is 17.3. The summed E-state index contributed by atoms with van der Waals surface area (Å²) in [6.07, 6.45) is 0.711. The maximum absolute atomic E-state index is 13.2. The lowest BCUT2D eigenvalue weighted by molar-refractivity contribution is -0.256. The van der Waals surface area contributed by atoms with Crippen LogP contribution in [0.3, 0.4) is 0 Å². The van der Waals surface area contributed by atoms with E-state index in [1.165, 1.54) is 4.90 Å². The van der Waals surface area contributed by atoms with E-state index >= 15 is 0 Å². The van der Waals surface area contributed by atoms with E-state index in [1.54, 1.807) is 36.4 Å². The molecule has 2 heterocycles. The van der Waals surface area contributed by atoms with Gasteiger partial charge in [-0.3, -0.25) is 4.79 Å². The number of amides is 1. The number of hydrogen-bond acceptors (Lipinski definition) is 4. The highest BCUT2D eigenvalue weighted by Crippen LogP contribution is 2.51. The number of fused-ring (bicyclic) bond motifs is 2. The third-order valence-electron chi connectivity index (χ3n) is 4.50. The van der Waals surface area contributed by atoms with Crippen molar-refractivity contribution < 1.29 is 19.0 Å². The van der Waals surface area contributed by atoms with Gasteiger partial charge >= 0.3 is 0 Å². The van der Waals surface area contributed by atoms with E-state index in [2.05, 4.69) is 0 Å². The van der Waals surface area contributed by atoms with Gasteiger partial charge in [-0.05, 0) is 42.8 Å². The van der Waals surface area contributed by atoms with Crippen molar-refractivity contribution in [2.24, 2.45) is 0 Å². The van der Waals surface area contributed by atoms with Crippen LogP contribution in [0.4, 0.5) is 5.69 Å². The van der Waals surface area contributed by atoms with Gasteiger partial charge in [0.2, 0.25) is 0 Å². The summed E-state index contributed by atoms with van der Waals surface area (Å²) in [5, 5.41) is 1.41. The van der Waals surface area contributed by atoms with Crippen LogP contribution >= 0.6 is 34.8 Å². The van der Waals surface area contributed by atoms with Crippen LogP contribution in [0.2, 0.25) is 15.1 Å². The number of benzene rings is 2. The molecule has 0 N–H and O–H groups in total. The summed E-state index contributed by atoms with van der Waals surface area (Å²) in [7, 11) is 0. The van der Waals surface area contributed by atoms with E-state index in [4.69, 9.17) is 49.0 Å². The van der Waals surface area contributed by atoms with E-state index < -0.39 is 5.79 Å². The molecule has 0 radical (unpaired) electrons. The fourth-order valence-corrected chi connectivity index (χ4v) is 3.97. The predicted molar refractivity (Wildman–Crippen MR) is 104 cm³/mol. The van der Waals surface area contributed by atoms with Crippen molar-refractivity contribution in [3.63, 3.8) is 0 Å². The molecular formula is C19H16Cl3NO4. The Labute approximate surface area is 171 Å². The first-order valence-corrected chi connectivity index (χ1v) is 9.63. The highest BCUT2D eigenvalue weighted by atomic mass is 35.5. The zero-order valence-electron chi connectivity index (χ0n) is 14.2. The van der Waals surface area contributed by atoms with Crippen molar-refractivity contribution in [3.05, 3.63) is 57.0 Å². The van der Waals surface area contributed by atoms with Gasteiger partial charge in [0.05, 0.1) is 41.1 Å². The second-order valence-corrected chi connectivity index (χ2v) is 7.43. The number of hydrogen-bond donors (Lipinski definition) is 0. The molecule has 142 valence electrons. The number of nitrogens with zero attached hydrogens (tertiary/aromatic N) is 1. The Hall–Kier alpha value is -1.50. The molecule has 1 fully saturated rings. The third kappa shape index (κ3) is 3.28. The fraction of sp³-hybridized carbons (Fsp3) is 0.316. The molecule has 1 spiro atoms. The molecule has 5 nitrogen and oxygen atoms in total. The first kappa shape index (κ1) is 18.8. The van der Waals surface area contributed by atoms with E-state index in [0.717, 1.165) is 0 Å². The van der Waals surface area contributed by atoms with Crippen molar-refractivity contribution in [2.75, 3.05) is 31.3 Å². The molecule has 0 saturated carbocycles. The molecule has 0 aliphatic carbocycles. The van der Waals surface area contributed by atoms with Gasteiger partial charge in [-0.1, -0.05) is 34.8 Å². The summed E-state index contributed by atoms with van der Waals surface area (Å²) >= 11 is 18.7. The summed E-state index contributed by atoms with van der Waals surface area (Å²) in [4.78, 5) is 14.7. The van der Waals surface area contributed by atoms with Crippen LogP contribution in [0.1, 0.15) is 12.0 Å². The average Bonchev–Trinajstić information content (AvgIpc) is 2.91. The average molecular weight is 429 g/mol. The molecular weight excluding hydrogens is 413 g/mol. The molecule has 2 aromatic rings. The van der Waals surface area contributed by atoms with Crippen LogP contribution in [-0.2, 0) is 20.1 Å². The number of rotatable bonds is 4. The van der Waals surface area contributed by atoms with Crippen LogP contribution in [-0.4, -0.2) is 32.3 Å². The van der Waals surface area contributed by atoms with Crippen LogP contribution in [0.15, 0.2) is 36.4 Å². The second kappa shape index (κ2) is 7.49. The zero-order valence-corrected chi connectivity index (χ0v) is 16.5. The van der Waals surface area contributed by atoms with Crippen molar-refractivity contribution in [2.45, 2.75) is 12.2 Å². The summed E-state index contributed by atoms with van der Waals surface area (Å²) in [5.41, 5.74) is 0.976. The molecule has 2 aliphatic heterocycles. The molecule has 0 aromatic heterocycles. The lowest BCUT2D eigenvalue weighted by Gasteiger charge is -2.32. The SMILES string of the molecule is O=C1N(CCOc2ccc(Cl)cc2)c2c(Cl)ccc(Cl)c2C12OCCCO2. The first-order valence-electron chi connectivity index (χ1n) is 8.49. The van der Waals surface area contributed by atoms with Crippen LogP contribution in [0.5, 0.6) is 5.75 Å². The molecule has 0 bridgehead atoms. The Morgan fingerprint density at radius 2 is 1.67 bits per heavy atom. The Morgan fingerprint density at radius 3 is 2.37 bits per heavy atom. The standard InChI is InChI=1S/C19H16Cl3NO4/c20-12-2-4-13(5-3-12)25-11-8-23-17-15(22)7-6-14(21)16(17)19(18(23)24)26-9-1-10-27-19/h2-7H,1,8-11H2. The van der Waals surface area contributed by atoms with Crippen molar-refractivity contribution in [1.29, 1.82) is 0 Å². The van der Waals surface area contributed by atoms with Crippen LogP contribution < -0.4 is 9.64 Å². The minimum atomic E-state index is -1.53. The van der Waals surface area contributed by atoms with E-state index in [0.29, 0.717) is 51.7 Å². The Balaban J connectivity index is 1.61. The normalized spacial score (nSPS) is 18.0. The van der Waals surface area contributed by atoms with E-state index in [-0.39, 0.29) is 19.1 Å². The van der Waals surface area contributed by atoms with Crippen LogP contribution in [0, 0.1) is 0 Å². The van der Waals surface area contributed by atoms with Crippen molar-refractivity contribution >= 4 is 46.4 Å². The van der Waals surface area contributed by atoms with Gasteiger partial charge in [0, 0.05) is 5.02 Å². The van der Waals surface area contributed by atoms with Gasteiger partial charge in [-0.25, -0.2) is 0 Å². The van der Waals surface area contributed by atoms with Gasteiger partial charge < -0.3 is 19.1 Å². The number of anilines is 1. The summed E-state index contributed by atoms with van der Waals surface area (Å²) in [5.74, 6) is -1.22. The number of halogens is 3. The van der Waals surface area contributed by atoms with Gasteiger partial charge in [0.25, 0.3) is 11.7 Å². The number of carbonyl (C=O) groups excluding carboxylic acids is 1. The quantitative estimate of drug-likeness (QED) is 0.710. The lowest BCUT2D eigenvalue weighted by Crippen LogP contribution is -2.48. The highest BCUT2D eigenvalue weighted by Gasteiger charge is 2.56. The lowest BCUT2D eigenvalue weighted by atomic mass is 10.1. The minimum absolute atomic E-state index is 0.256. The largest absolute Gasteiger partial charge is 0.492 e.